The van der Waals surface area contributed by atoms with Crippen molar-refractivity contribution in [2.24, 2.45) is 0 Å². The summed E-state index contributed by atoms with van der Waals surface area (Å²) in [5.74, 6) is -1.07. The maximum absolute atomic E-state index is 12.5. The number of amides is 6. The first-order valence-corrected chi connectivity index (χ1v) is 7.58. The van der Waals surface area contributed by atoms with E-state index < -0.39 is 36.0 Å². The zero-order valence-corrected chi connectivity index (χ0v) is 12.6. The molecule has 3 rings (SSSR count). The van der Waals surface area contributed by atoms with Gasteiger partial charge in [0, 0.05) is 18.0 Å². The Labute approximate surface area is 130 Å². The highest BCUT2D eigenvalue weighted by atomic mass is 32.1. The van der Waals surface area contributed by atoms with Gasteiger partial charge in [0.2, 0.25) is 0 Å². The van der Waals surface area contributed by atoms with Gasteiger partial charge in [0.25, 0.3) is 11.8 Å². The number of rotatable bonds is 3. The molecule has 0 bridgehead atoms. The molecular weight excluding hydrogens is 308 g/mol. The maximum atomic E-state index is 12.5. The fourth-order valence-corrected chi connectivity index (χ4v) is 3.34. The second-order valence-electron chi connectivity index (χ2n) is 5.20. The summed E-state index contributed by atoms with van der Waals surface area (Å²) < 4.78 is 0. The van der Waals surface area contributed by atoms with Gasteiger partial charge >= 0.3 is 12.1 Å². The molecule has 0 aliphatic carbocycles. The minimum Gasteiger partial charge on any atom is -0.336 e. The molecule has 3 heterocycles. The first-order chi connectivity index (χ1) is 10.4. The number of carbonyl (C=O) groups is 4. The van der Waals surface area contributed by atoms with E-state index in [0.717, 1.165) is 9.80 Å². The molecule has 0 spiro atoms. The van der Waals surface area contributed by atoms with Gasteiger partial charge < -0.3 is 10.6 Å². The van der Waals surface area contributed by atoms with Crippen LogP contribution in [0.4, 0.5) is 9.59 Å². The van der Waals surface area contributed by atoms with Crippen molar-refractivity contribution in [1.82, 2.24) is 20.4 Å². The van der Waals surface area contributed by atoms with Crippen molar-refractivity contribution in [3.63, 3.8) is 0 Å². The van der Waals surface area contributed by atoms with Crippen molar-refractivity contribution in [3.05, 3.63) is 22.4 Å². The van der Waals surface area contributed by atoms with Crippen molar-refractivity contribution >= 4 is 35.2 Å². The molecule has 2 aliphatic rings. The van der Waals surface area contributed by atoms with Crippen molar-refractivity contribution in [1.29, 1.82) is 0 Å². The van der Waals surface area contributed by atoms with E-state index in [-0.39, 0.29) is 6.54 Å². The number of nitrogens with one attached hydrogen (secondary N) is 2. The van der Waals surface area contributed by atoms with Gasteiger partial charge in [0.15, 0.2) is 5.54 Å². The third-order valence-corrected chi connectivity index (χ3v) is 4.83. The van der Waals surface area contributed by atoms with Crippen LogP contribution in [-0.2, 0) is 15.1 Å². The second kappa shape index (κ2) is 5.09. The van der Waals surface area contributed by atoms with Crippen molar-refractivity contribution in [2.45, 2.75) is 12.5 Å². The van der Waals surface area contributed by atoms with Gasteiger partial charge in [0.05, 0.1) is 0 Å². The van der Waals surface area contributed by atoms with Crippen LogP contribution in [0.15, 0.2) is 17.5 Å². The highest BCUT2D eigenvalue weighted by Crippen LogP contribution is 2.31. The lowest BCUT2D eigenvalue weighted by Gasteiger charge is -2.20. The van der Waals surface area contributed by atoms with Crippen LogP contribution < -0.4 is 10.6 Å². The number of imide groups is 2. The molecule has 1 aromatic rings. The lowest BCUT2D eigenvalue weighted by Crippen LogP contribution is -2.45. The van der Waals surface area contributed by atoms with E-state index in [1.165, 1.54) is 11.3 Å². The Morgan fingerprint density at radius 1 is 1.36 bits per heavy atom. The Morgan fingerprint density at radius 2 is 2.14 bits per heavy atom. The minimum absolute atomic E-state index is 0.240. The normalized spacial score (nSPS) is 24.7. The largest absolute Gasteiger partial charge is 0.336 e. The number of hydrogen-bond acceptors (Lipinski definition) is 5. The van der Waals surface area contributed by atoms with E-state index in [1.54, 1.807) is 19.1 Å². The van der Waals surface area contributed by atoms with E-state index in [2.05, 4.69) is 10.6 Å². The molecular formula is C13H14N4O4S. The highest BCUT2D eigenvalue weighted by molar-refractivity contribution is 7.10. The first kappa shape index (κ1) is 14.5. The van der Waals surface area contributed by atoms with Crippen molar-refractivity contribution < 1.29 is 19.2 Å². The van der Waals surface area contributed by atoms with Gasteiger partial charge in [-0.1, -0.05) is 6.07 Å². The molecule has 0 unspecified atom stereocenters. The Morgan fingerprint density at radius 3 is 2.73 bits per heavy atom. The first-order valence-electron chi connectivity index (χ1n) is 6.70. The van der Waals surface area contributed by atoms with E-state index in [4.69, 9.17) is 0 Å². The van der Waals surface area contributed by atoms with Crippen LogP contribution in [0.1, 0.15) is 11.8 Å². The van der Waals surface area contributed by atoms with E-state index >= 15 is 0 Å². The zero-order valence-electron chi connectivity index (χ0n) is 11.8. The van der Waals surface area contributed by atoms with Crippen LogP contribution in [0.25, 0.3) is 0 Å². The molecule has 0 radical (unpaired) electrons. The summed E-state index contributed by atoms with van der Waals surface area (Å²) in [6.45, 7) is 1.77. The Hall–Kier alpha value is -2.42. The smallest absolute Gasteiger partial charge is 0.325 e. The van der Waals surface area contributed by atoms with Crippen LogP contribution in [-0.4, -0.2) is 53.3 Å². The highest BCUT2D eigenvalue weighted by Gasteiger charge is 2.50. The summed E-state index contributed by atoms with van der Waals surface area (Å²) in [5, 5.41) is 6.92. The molecule has 1 atom stereocenters. The minimum atomic E-state index is -1.17. The molecule has 0 saturated carbocycles. The molecule has 116 valence electrons. The molecule has 2 N–H and O–H groups in total. The number of hydrogen-bond donors (Lipinski definition) is 2. The molecule has 2 aliphatic heterocycles. The molecule has 1 aromatic heterocycles. The fourth-order valence-electron chi connectivity index (χ4n) is 2.50. The van der Waals surface area contributed by atoms with Crippen LogP contribution in [0.5, 0.6) is 0 Å². The lowest BCUT2D eigenvalue weighted by molar-refractivity contribution is -0.137. The average Bonchev–Trinajstić information content (AvgIpc) is 3.17. The predicted octanol–water partition coefficient (Wildman–Crippen LogP) is 0.0669. The SMILES string of the molecule is C[C@@]1(c2cccs2)NC(=O)N(CC(=O)N2CCNC2=O)C1=O. The Kier molecular flexibility index (Phi) is 3.36. The molecule has 22 heavy (non-hydrogen) atoms. The van der Waals surface area contributed by atoms with Crippen LogP contribution in [0.2, 0.25) is 0 Å². The van der Waals surface area contributed by atoms with E-state index in [1.807, 2.05) is 5.38 Å². The van der Waals surface area contributed by atoms with Gasteiger partial charge in [-0.25, -0.2) is 9.59 Å². The molecule has 8 nitrogen and oxygen atoms in total. The summed E-state index contributed by atoms with van der Waals surface area (Å²) in [6, 6.07) is 2.40. The van der Waals surface area contributed by atoms with E-state index in [0.29, 0.717) is 11.4 Å². The average molecular weight is 322 g/mol. The molecule has 2 saturated heterocycles. The molecule has 9 heteroatoms. The summed E-state index contributed by atoms with van der Waals surface area (Å²) in [4.78, 5) is 50.7. The third-order valence-electron chi connectivity index (χ3n) is 3.74. The van der Waals surface area contributed by atoms with Gasteiger partial charge in [-0.15, -0.1) is 11.3 Å². The molecule has 2 fully saturated rings. The number of nitrogens with zero attached hydrogens (tertiary/aromatic N) is 2. The van der Waals surface area contributed by atoms with Gasteiger partial charge in [-0.05, 0) is 18.4 Å². The fraction of sp³-hybridized carbons (Fsp3) is 0.385. The van der Waals surface area contributed by atoms with Crippen LogP contribution in [0, 0.1) is 0 Å². The molecule has 0 aromatic carbocycles. The van der Waals surface area contributed by atoms with Gasteiger partial charge in [-0.3, -0.25) is 19.4 Å². The zero-order chi connectivity index (χ0) is 15.9. The van der Waals surface area contributed by atoms with E-state index in [9.17, 15) is 19.2 Å². The summed E-state index contributed by atoms with van der Waals surface area (Å²) in [6.07, 6.45) is 0. The lowest BCUT2D eigenvalue weighted by atomic mass is 10.0. The summed E-state index contributed by atoms with van der Waals surface area (Å²) in [5.41, 5.74) is -1.17. The van der Waals surface area contributed by atoms with Crippen LogP contribution >= 0.6 is 11.3 Å². The Bertz CT molecular complexity index is 659. The van der Waals surface area contributed by atoms with Crippen LogP contribution in [0.3, 0.4) is 0 Å². The third kappa shape index (κ3) is 2.13. The van der Waals surface area contributed by atoms with Gasteiger partial charge in [0.1, 0.15) is 6.54 Å². The van der Waals surface area contributed by atoms with Crippen molar-refractivity contribution in [3.8, 4) is 0 Å². The van der Waals surface area contributed by atoms with Gasteiger partial charge in [-0.2, -0.15) is 0 Å². The predicted molar refractivity (Wildman–Crippen MR) is 77.0 cm³/mol. The number of carbonyl (C=O) groups excluding carboxylic acids is 4. The standard InChI is InChI=1S/C13H14N4O4S/c1-13(8-3-2-6-22-8)10(19)17(12(21)15-13)7-9(18)16-5-4-14-11(16)20/h2-3,6H,4-5,7H2,1H3,(H,14,20)(H,15,21)/t13-/m0/s1. The quantitative estimate of drug-likeness (QED) is 0.769. The Balaban J connectivity index is 1.78. The number of urea groups is 2. The summed E-state index contributed by atoms with van der Waals surface area (Å²) in [7, 11) is 0. The second-order valence-corrected chi connectivity index (χ2v) is 6.15. The van der Waals surface area contributed by atoms with Crippen molar-refractivity contribution in [2.75, 3.05) is 19.6 Å². The topological polar surface area (TPSA) is 98.8 Å². The summed E-state index contributed by atoms with van der Waals surface area (Å²) >= 11 is 1.35. The maximum Gasteiger partial charge on any atom is 0.325 e. The monoisotopic (exact) mass is 322 g/mol. The molecule has 6 amide bonds. The number of thiophene rings is 1.